The van der Waals surface area contributed by atoms with E-state index in [1.165, 1.54) is 37.1 Å². The van der Waals surface area contributed by atoms with E-state index in [9.17, 15) is 14.9 Å². The van der Waals surface area contributed by atoms with Crippen molar-refractivity contribution >= 4 is 23.4 Å². The maximum Gasteiger partial charge on any atom is 0.321 e. The van der Waals surface area contributed by atoms with Crippen molar-refractivity contribution in [3.63, 3.8) is 0 Å². The second-order valence-corrected chi connectivity index (χ2v) is 5.72. The molecule has 23 heavy (non-hydrogen) atoms. The molecule has 0 aliphatic carbocycles. The topological polar surface area (TPSA) is 78.7 Å². The highest BCUT2D eigenvalue weighted by molar-refractivity contribution is 8.00. The molecule has 0 heterocycles. The van der Waals surface area contributed by atoms with Crippen LogP contribution in [0, 0.1) is 17.0 Å². The lowest BCUT2D eigenvalue weighted by molar-refractivity contribution is -0.385. The minimum absolute atomic E-state index is 0.0618. The predicted molar refractivity (Wildman–Crippen MR) is 87.2 cm³/mol. The molecule has 0 amide bonds. The molecule has 0 bridgehead atoms. The summed E-state index contributed by atoms with van der Waals surface area (Å²) in [6.07, 6.45) is 0. The molecule has 0 spiro atoms. The quantitative estimate of drug-likeness (QED) is 0.264. The van der Waals surface area contributed by atoms with E-state index in [4.69, 9.17) is 9.47 Å². The molecule has 2 aromatic rings. The number of carbonyl (C=O) groups is 1. The number of hydrogen-bond acceptors (Lipinski definition) is 6. The minimum Gasteiger partial charge on any atom is -0.496 e. The van der Waals surface area contributed by atoms with Gasteiger partial charge in [0.2, 0.25) is 5.75 Å². The van der Waals surface area contributed by atoms with Crippen molar-refractivity contribution in [3.8, 4) is 11.5 Å². The summed E-state index contributed by atoms with van der Waals surface area (Å²) in [6.45, 7) is 1.98. The lowest BCUT2D eigenvalue weighted by Gasteiger charge is -2.06. The first-order valence-corrected chi connectivity index (χ1v) is 7.70. The van der Waals surface area contributed by atoms with Crippen molar-refractivity contribution in [3.05, 3.63) is 58.1 Å². The number of ether oxygens (including phenoxy) is 2. The Morgan fingerprint density at radius 2 is 1.91 bits per heavy atom. The maximum absolute atomic E-state index is 11.9. The van der Waals surface area contributed by atoms with E-state index in [-0.39, 0.29) is 17.2 Å². The van der Waals surface area contributed by atoms with Crippen LogP contribution >= 0.6 is 11.8 Å². The van der Waals surface area contributed by atoms with Crippen LogP contribution in [0.1, 0.15) is 5.56 Å². The molecule has 2 aromatic carbocycles. The Balaban J connectivity index is 2.02. The molecule has 0 aromatic heterocycles. The highest BCUT2D eigenvalue weighted by atomic mass is 32.2. The Morgan fingerprint density at radius 3 is 2.52 bits per heavy atom. The lowest BCUT2D eigenvalue weighted by Crippen LogP contribution is -2.11. The molecule has 0 radical (unpaired) electrons. The van der Waals surface area contributed by atoms with Gasteiger partial charge in [0, 0.05) is 4.90 Å². The fourth-order valence-corrected chi connectivity index (χ4v) is 2.45. The normalized spacial score (nSPS) is 10.2. The third-order valence-corrected chi connectivity index (χ3v) is 3.95. The van der Waals surface area contributed by atoms with Crippen LogP contribution in [0.15, 0.2) is 47.4 Å². The van der Waals surface area contributed by atoms with Gasteiger partial charge in [-0.2, -0.15) is 0 Å². The van der Waals surface area contributed by atoms with Crippen molar-refractivity contribution in [1.29, 1.82) is 0 Å². The Labute approximate surface area is 137 Å². The fraction of sp³-hybridized carbons (Fsp3) is 0.188. The SMILES string of the molecule is COc1ccc(OC(=O)CSc2ccc(C)cc2)c([N+](=O)[O-])c1. The second kappa shape index (κ2) is 7.64. The predicted octanol–water partition coefficient (Wildman–Crippen LogP) is 3.61. The number of esters is 1. The lowest BCUT2D eigenvalue weighted by atomic mass is 10.2. The van der Waals surface area contributed by atoms with Crippen molar-refractivity contribution in [2.75, 3.05) is 12.9 Å². The van der Waals surface area contributed by atoms with E-state index in [2.05, 4.69) is 0 Å². The van der Waals surface area contributed by atoms with Crippen LogP contribution in [0.5, 0.6) is 11.5 Å². The summed E-state index contributed by atoms with van der Waals surface area (Å²) in [6, 6.07) is 11.8. The van der Waals surface area contributed by atoms with Crippen molar-refractivity contribution in [2.45, 2.75) is 11.8 Å². The first-order chi connectivity index (χ1) is 11.0. The van der Waals surface area contributed by atoms with Crippen LogP contribution in [-0.4, -0.2) is 23.8 Å². The molecule has 0 aliphatic heterocycles. The Bertz CT molecular complexity index is 715. The molecule has 120 valence electrons. The molecule has 0 saturated heterocycles. The third kappa shape index (κ3) is 4.72. The minimum atomic E-state index is -0.613. The zero-order valence-corrected chi connectivity index (χ0v) is 13.5. The Kier molecular flexibility index (Phi) is 5.59. The first kappa shape index (κ1) is 16.8. The van der Waals surface area contributed by atoms with E-state index in [1.54, 1.807) is 0 Å². The summed E-state index contributed by atoms with van der Waals surface area (Å²) in [5, 5.41) is 11.0. The van der Waals surface area contributed by atoms with Crippen LogP contribution in [0.3, 0.4) is 0 Å². The summed E-state index contributed by atoms with van der Waals surface area (Å²) in [5.41, 5.74) is 0.823. The van der Waals surface area contributed by atoms with Gasteiger partial charge < -0.3 is 9.47 Å². The van der Waals surface area contributed by atoms with Gasteiger partial charge in [0.1, 0.15) is 5.75 Å². The van der Waals surface area contributed by atoms with Gasteiger partial charge in [-0.05, 0) is 31.2 Å². The van der Waals surface area contributed by atoms with Crippen LogP contribution in [0.2, 0.25) is 0 Å². The summed E-state index contributed by atoms with van der Waals surface area (Å²) < 4.78 is 10.0. The second-order valence-electron chi connectivity index (χ2n) is 4.67. The molecule has 0 fully saturated rings. The summed E-state index contributed by atoms with van der Waals surface area (Å²) in [5.74, 6) is -0.258. The van der Waals surface area contributed by atoms with Gasteiger partial charge in [-0.3, -0.25) is 14.9 Å². The van der Waals surface area contributed by atoms with Gasteiger partial charge in [-0.1, -0.05) is 17.7 Å². The van der Waals surface area contributed by atoms with Gasteiger partial charge >= 0.3 is 11.7 Å². The number of nitro groups is 1. The van der Waals surface area contributed by atoms with Crippen LogP contribution < -0.4 is 9.47 Å². The molecular weight excluding hydrogens is 318 g/mol. The standard InChI is InChI=1S/C16H15NO5S/c1-11-3-6-13(7-4-11)23-10-16(18)22-15-8-5-12(21-2)9-14(15)17(19)20/h3-9H,10H2,1-2H3. The average molecular weight is 333 g/mol. The first-order valence-electron chi connectivity index (χ1n) is 6.72. The molecule has 2 rings (SSSR count). The Morgan fingerprint density at radius 1 is 1.22 bits per heavy atom. The van der Waals surface area contributed by atoms with Gasteiger partial charge in [0.05, 0.1) is 23.9 Å². The zero-order valence-electron chi connectivity index (χ0n) is 12.6. The number of methoxy groups -OCH3 is 1. The van der Waals surface area contributed by atoms with E-state index in [0.717, 1.165) is 10.5 Å². The Hall–Kier alpha value is -2.54. The molecule has 0 aliphatic rings. The van der Waals surface area contributed by atoms with E-state index >= 15 is 0 Å². The van der Waals surface area contributed by atoms with E-state index in [0.29, 0.717) is 5.75 Å². The number of nitrogens with zero attached hydrogens (tertiary/aromatic N) is 1. The van der Waals surface area contributed by atoms with E-state index in [1.807, 2.05) is 31.2 Å². The number of aryl methyl sites for hydroxylation is 1. The largest absolute Gasteiger partial charge is 0.496 e. The molecule has 0 saturated carbocycles. The van der Waals surface area contributed by atoms with Gasteiger partial charge in [0.25, 0.3) is 0 Å². The van der Waals surface area contributed by atoms with Gasteiger partial charge in [-0.15, -0.1) is 11.8 Å². The summed E-state index contributed by atoms with van der Waals surface area (Å²) >= 11 is 1.31. The van der Waals surface area contributed by atoms with Gasteiger partial charge in [-0.25, -0.2) is 0 Å². The van der Waals surface area contributed by atoms with Crippen molar-refractivity contribution in [1.82, 2.24) is 0 Å². The fourth-order valence-electron chi connectivity index (χ4n) is 1.78. The molecule has 6 nitrogen and oxygen atoms in total. The van der Waals surface area contributed by atoms with Crippen molar-refractivity contribution < 1.29 is 19.2 Å². The van der Waals surface area contributed by atoms with Gasteiger partial charge in [0.15, 0.2) is 0 Å². The van der Waals surface area contributed by atoms with Crippen LogP contribution in [0.25, 0.3) is 0 Å². The molecular formula is C16H15NO5S. The highest BCUT2D eigenvalue weighted by Crippen LogP contribution is 2.31. The smallest absolute Gasteiger partial charge is 0.321 e. The molecule has 0 N–H and O–H groups in total. The number of nitro benzene ring substituents is 1. The molecule has 0 unspecified atom stereocenters. The number of carbonyl (C=O) groups excluding carboxylic acids is 1. The molecule has 0 atom stereocenters. The maximum atomic E-state index is 11.9. The van der Waals surface area contributed by atoms with Crippen molar-refractivity contribution in [2.24, 2.45) is 0 Å². The number of thioether (sulfide) groups is 1. The number of benzene rings is 2. The summed E-state index contributed by atoms with van der Waals surface area (Å²) in [4.78, 5) is 23.2. The highest BCUT2D eigenvalue weighted by Gasteiger charge is 2.19. The zero-order chi connectivity index (χ0) is 16.8. The average Bonchev–Trinajstić information content (AvgIpc) is 2.54. The summed E-state index contributed by atoms with van der Waals surface area (Å²) in [7, 11) is 1.41. The van der Waals surface area contributed by atoms with Crippen LogP contribution in [0.4, 0.5) is 5.69 Å². The number of rotatable bonds is 6. The monoisotopic (exact) mass is 333 g/mol. The molecule has 7 heteroatoms. The number of hydrogen-bond donors (Lipinski definition) is 0. The third-order valence-electron chi connectivity index (χ3n) is 2.96. The van der Waals surface area contributed by atoms with Crippen LogP contribution in [-0.2, 0) is 4.79 Å². The van der Waals surface area contributed by atoms with E-state index < -0.39 is 10.9 Å².